The molecule has 13 heavy (non-hydrogen) atoms. The van der Waals surface area contributed by atoms with Crippen molar-refractivity contribution >= 4 is 22.6 Å². The summed E-state index contributed by atoms with van der Waals surface area (Å²) in [6.45, 7) is 0. The highest BCUT2D eigenvalue weighted by atomic mass is 127. The summed E-state index contributed by atoms with van der Waals surface area (Å²) in [6, 6.07) is 12.5. The van der Waals surface area contributed by atoms with Gasteiger partial charge in [-0.25, -0.2) is 0 Å². The lowest BCUT2D eigenvalue weighted by atomic mass is 10.1. The number of aromatic nitrogens is 1. The third-order valence-electron chi connectivity index (χ3n) is 1.86. The van der Waals surface area contributed by atoms with Crippen LogP contribution in [0.1, 0.15) is 0 Å². The van der Waals surface area contributed by atoms with Crippen LogP contribution in [0.4, 0.5) is 0 Å². The molecule has 0 saturated carbocycles. The second-order valence-corrected chi connectivity index (χ2v) is 3.99. The van der Waals surface area contributed by atoms with Gasteiger partial charge in [0.2, 0.25) is 0 Å². The van der Waals surface area contributed by atoms with E-state index in [0.717, 1.165) is 0 Å². The van der Waals surface area contributed by atoms with Crippen molar-refractivity contribution in [1.29, 1.82) is 0 Å². The molecule has 1 aromatic carbocycles. The van der Waals surface area contributed by atoms with E-state index in [1.807, 2.05) is 24.5 Å². The summed E-state index contributed by atoms with van der Waals surface area (Å²) >= 11 is 2.30. The van der Waals surface area contributed by atoms with Gasteiger partial charge in [0.25, 0.3) is 0 Å². The van der Waals surface area contributed by atoms with Crippen molar-refractivity contribution in [3.05, 3.63) is 52.4 Å². The number of benzene rings is 1. The molecule has 0 N–H and O–H groups in total. The zero-order valence-corrected chi connectivity index (χ0v) is 9.10. The minimum Gasteiger partial charge on any atom is -0.265 e. The number of rotatable bonds is 1. The topological polar surface area (TPSA) is 12.9 Å². The van der Waals surface area contributed by atoms with Gasteiger partial charge in [-0.15, -0.1) is 0 Å². The molecule has 2 aromatic rings. The van der Waals surface area contributed by atoms with E-state index in [1.54, 1.807) is 0 Å². The predicted octanol–water partition coefficient (Wildman–Crippen LogP) is 3.35. The van der Waals surface area contributed by atoms with Crippen LogP contribution in [-0.4, -0.2) is 4.98 Å². The molecule has 2 heteroatoms. The van der Waals surface area contributed by atoms with Crippen LogP contribution in [-0.2, 0) is 0 Å². The largest absolute Gasteiger partial charge is 0.265 e. The summed E-state index contributed by atoms with van der Waals surface area (Å²) in [5, 5.41) is 0. The van der Waals surface area contributed by atoms with Crippen molar-refractivity contribution < 1.29 is 0 Å². The zero-order valence-electron chi connectivity index (χ0n) is 6.94. The molecular weight excluding hydrogens is 273 g/mol. The van der Waals surface area contributed by atoms with Gasteiger partial charge in [-0.3, -0.25) is 4.98 Å². The fourth-order valence-corrected chi connectivity index (χ4v) is 1.55. The van der Waals surface area contributed by atoms with Crippen LogP contribution >= 0.6 is 22.6 Å². The van der Waals surface area contributed by atoms with Crippen LogP contribution in [0.5, 0.6) is 0 Å². The highest BCUT2D eigenvalue weighted by Crippen LogP contribution is 2.18. The second kappa shape index (κ2) is 3.87. The Morgan fingerprint density at radius 2 is 1.31 bits per heavy atom. The van der Waals surface area contributed by atoms with Crippen molar-refractivity contribution in [2.45, 2.75) is 0 Å². The third-order valence-corrected chi connectivity index (χ3v) is 2.58. The molecule has 0 aliphatic carbocycles. The molecule has 0 aliphatic rings. The Morgan fingerprint density at radius 3 is 1.92 bits per heavy atom. The smallest absolute Gasteiger partial charge is 0.0273 e. The van der Waals surface area contributed by atoms with Gasteiger partial charge >= 0.3 is 0 Å². The van der Waals surface area contributed by atoms with Crippen LogP contribution in [0, 0.1) is 3.57 Å². The highest BCUT2D eigenvalue weighted by Gasteiger charge is 1.94. The van der Waals surface area contributed by atoms with E-state index in [2.05, 4.69) is 51.8 Å². The fraction of sp³-hybridized carbons (Fsp3) is 0. The van der Waals surface area contributed by atoms with E-state index >= 15 is 0 Å². The molecular formula is C11H8IN. The van der Waals surface area contributed by atoms with E-state index in [0.29, 0.717) is 0 Å². The number of hydrogen-bond donors (Lipinski definition) is 0. The van der Waals surface area contributed by atoms with Crippen molar-refractivity contribution in [2.75, 3.05) is 0 Å². The highest BCUT2D eigenvalue weighted by molar-refractivity contribution is 14.1. The Balaban J connectivity index is 2.42. The van der Waals surface area contributed by atoms with E-state index in [4.69, 9.17) is 0 Å². The van der Waals surface area contributed by atoms with E-state index in [9.17, 15) is 0 Å². The van der Waals surface area contributed by atoms with Crippen molar-refractivity contribution in [3.8, 4) is 11.1 Å². The third kappa shape index (κ3) is 2.06. The molecule has 64 valence electrons. The van der Waals surface area contributed by atoms with E-state index in [-0.39, 0.29) is 0 Å². The Kier molecular flexibility index (Phi) is 2.59. The summed E-state index contributed by atoms with van der Waals surface area (Å²) in [5.41, 5.74) is 2.45. The number of nitrogens with zero attached hydrogens (tertiary/aromatic N) is 1. The minimum absolute atomic E-state index is 1.21. The van der Waals surface area contributed by atoms with Gasteiger partial charge in [0.1, 0.15) is 0 Å². The monoisotopic (exact) mass is 281 g/mol. The number of halogens is 1. The molecule has 0 saturated heterocycles. The average molecular weight is 281 g/mol. The first-order chi connectivity index (χ1) is 6.36. The summed E-state index contributed by atoms with van der Waals surface area (Å²) in [5.74, 6) is 0. The van der Waals surface area contributed by atoms with Crippen LogP contribution in [0.15, 0.2) is 48.8 Å². The van der Waals surface area contributed by atoms with Crippen molar-refractivity contribution in [3.63, 3.8) is 0 Å². The molecule has 0 atom stereocenters. The molecule has 1 nitrogen and oxygen atoms in total. The van der Waals surface area contributed by atoms with Gasteiger partial charge in [-0.05, 0) is 58.0 Å². The van der Waals surface area contributed by atoms with Gasteiger partial charge in [-0.1, -0.05) is 12.1 Å². The van der Waals surface area contributed by atoms with Gasteiger partial charge in [0.15, 0.2) is 0 Å². The number of hydrogen-bond acceptors (Lipinski definition) is 1. The quantitative estimate of drug-likeness (QED) is 0.730. The summed E-state index contributed by atoms with van der Waals surface area (Å²) in [7, 11) is 0. The Morgan fingerprint density at radius 1 is 0.769 bits per heavy atom. The summed E-state index contributed by atoms with van der Waals surface area (Å²) < 4.78 is 1.26. The Labute approximate surface area is 91.0 Å². The lowest BCUT2D eigenvalue weighted by molar-refractivity contribution is 1.33. The molecule has 0 aliphatic heterocycles. The van der Waals surface area contributed by atoms with Crippen LogP contribution < -0.4 is 0 Å². The molecule has 1 heterocycles. The van der Waals surface area contributed by atoms with Crippen molar-refractivity contribution in [1.82, 2.24) is 4.98 Å². The summed E-state index contributed by atoms with van der Waals surface area (Å²) in [6.07, 6.45) is 3.63. The van der Waals surface area contributed by atoms with Crippen LogP contribution in [0.25, 0.3) is 11.1 Å². The molecule has 1 aromatic heterocycles. The first-order valence-electron chi connectivity index (χ1n) is 4.02. The first-order valence-corrected chi connectivity index (χ1v) is 5.10. The molecule has 0 amide bonds. The average Bonchev–Trinajstić information content (AvgIpc) is 2.20. The molecule has 0 radical (unpaired) electrons. The van der Waals surface area contributed by atoms with E-state index < -0.39 is 0 Å². The Bertz CT molecular complexity index is 381. The lowest BCUT2D eigenvalue weighted by Crippen LogP contribution is -1.78. The number of pyridine rings is 1. The van der Waals surface area contributed by atoms with Gasteiger partial charge in [0, 0.05) is 16.0 Å². The SMILES string of the molecule is Ic1ccc(-c2ccncc2)cc1. The molecule has 0 bridgehead atoms. The molecule has 0 spiro atoms. The first kappa shape index (κ1) is 8.69. The summed E-state index contributed by atoms with van der Waals surface area (Å²) in [4.78, 5) is 3.99. The minimum atomic E-state index is 1.21. The lowest BCUT2D eigenvalue weighted by Gasteiger charge is -1.99. The maximum absolute atomic E-state index is 3.99. The van der Waals surface area contributed by atoms with Crippen molar-refractivity contribution in [2.24, 2.45) is 0 Å². The zero-order chi connectivity index (χ0) is 9.10. The van der Waals surface area contributed by atoms with Gasteiger partial charge in [0.05, 0.1) is 0 Å². The van der Waals surface area contributed by atoms with Crippen LogP contribution in [0.2, 0.25) is 0 Å². The van der Waals surface area contributed by atoms with Gasteiger partial charge < -0.3 is 0 Å². The molecule has 0 unspecified atom stereocenters. The normalized spacial score (nSPS) is 9.92. The molecule has 2 rings (SSSR count). The maximum Gasteiger partial charge on any atom is 0.0273 e. The molecule has 0 fully saturated rings. The Hall–Kier alpha value is -0.900. The fourth-order valence-electron chi connectivity index (χ4n) is 1.19. The predicted molar refractivity (Wildman–Crippen MR) is 62.4 cm³/mol. The van der Waals surface area contributed by atoms with Crippen LogP contribution in [0.3, 0.4) is 0 Å². The van der Waals surface area contributed by atoms with Gasteiger partial charge in [-0.2, -0.15) is 0 Å². The standard InChI is InChI=1S/C11H8IN/c12-11-3-1-9(2-4-11)10-5-7-13-8-6-10/h1-8H. The van der Waals surface area contributed by atoms with E-state index in [1.165, 1.54) is 14.7 Å². The second-order valence-electron chi connectivity index (χ2n) is 2.74. The maximum atomic E-state index is 3.99.